The van der Waals surface area contributed by atoms with Gasteiger partial charge in [0.1, 0.15) is 6.61 Å². The Morgan fingerprint density at radius 3 is 2.23 bits per heavy atom. The molecule has 1 N–H and O–H groups in total. The molecule has 2 aliphatic carbocycles. The number of aliphatic carboxylic acids is 1. The summed E-state index contributed by atoms with van der Waals surface area (Å²) in [6.45, 7) is 0.519. The summed E-state index contributed by atoms with van der Waals surface area (Å²) in [5.41, 5.74) is 0.275. The van der Waals surface area contributed by atoms with E-state index in [-0.39, 0.29) is 11.7 Å². The van der Waals surface area contributed by atoms with E-state index in [9.17, 15) is 14.5 Å². The van der Waals surface area contributed by atoms with Crippen molar-refractivity contribution >= 4 is 14.0 Å². The van der Waals surface area contributed by atoms with Crippen LogP contribution in [-0.2, 0) is 13.9 Å². The first-order chi connectivity index (χ1) is 10.6. The third-order valence-corrected chi connectivity index (χ3v) is 5.88. The number of rotatable bonds is 7. The summed E-state index contributed by atoms with van der Waals surface area (Å²) >= 11 is 0. The van der Waals surface area contributed by atoms with Crippen LogP contribution in [0.2, 0.25) is 0 Å². The summed E-state index contributed by atoms with van der Waals surface area (Å²) in [5.74, 6) is -0.111. The molecule has 0 radical (unpaired) electrons. The lowest BCUT2D eigenvalue weighted by Gasteiger charge is -2.19. The van der Waals surface area contributed by atoms with Crippen LogP contribution >= 0.6 is 8.03 Å². The van der Waals surface area contributed by atoms with E-state index in [1.165, 1.54) is 38.5 Å². The van der Waals surface area contributed by atoms with Crippen LogP contribution in [0.15, 0.2) is 11.6 Å². The molecule has 2 rings (SSSR count). The van der Waals surface area contributed by atoms with Crippen molar-refractivity contribution in [2.75, 3.05) is 12.8 Å². The van der Waals surface area contributed by atoms with Gasteiger partial charge >= 0.3 is 14.0 Å². The van der Waals surface area contributed by atoms with Gasteiger partial charge in [0.2, 0.25) is 6.16 Å². The fraction of sp³-hybridized carbons (Fsp3) is 0.824. The Hall–Kier alpha value is -0.730. The van der Waals surface area contributed by atoms with Crippen LogP contribution in [0.4, 0.5) is 0 Å². The van der Waals surface area contributed by atoms with E-state index in [0.717, 1.165) is 25.7 Å². The van der Waals surface area contributed by atoms with Gasteiger partial charge < -0.3 is 5.11 Å². The van der Waals surface area contributed by atoms with Crippen molar-refractivity contribution in [2.24, 2.45) is 11.8 Å². The van der Waals surface area contributed by atoms with Crippen LogP contribution in [0.5, 0.6) is 0 Å². The van der Waals surface area contributed by atoms with Crippen molar-refractivity contribution in [2.45, 2.75) is 64.2 Å². The number of hydrogen-bond donors (Lipinski definition) is 1. The number of carboxylic acids is 1. The first kappa shape index (κ1) is 17.6. The van der Waals surface area contributed by atoms with Crippen LogP contribution in [-0.4, -0.2) is 23.8 Å². The van der Waals surface area contributed by atoms with E-state index in [1.54, 1.807) is 0 Å². The predicted octanol–water partition coefficient (Wildman–Crippen LogP) is 4.92. The molecule has 0 bridgehead atoms. The molecule has 0 heterocycles. The van der Waals surface area contributed by atoms with Gasteiger partial charge in [0.15, 0.2) is 0 Å². The van der Waals surface area contributed by atoms with Crippen molar-refractivity contribution in [3.05, 3.63) is 11.6 Å². The average molecular weight is 327 g/mol. The topological polar surface area (TPSA) is 63.6 Å². The molecule has 124 valence electrons. The van der Waals surface area contributed by atoms with Crippen molar-refractivity contribution in [1.82, 2.24) is 0 Å². The molecule has 2 fully saturated rings. The molecule has 0 saturated heterocycles. The largest absolute Gasteiger partial charge is 0.513 e. The summed E-state index contributed by atoms with van der Waals surface area (Å²) in [6.07, 6.45) is 13.6. The molecule has 1 atom stereocenters. The van der Waals surface area contributed by atoms with Crippen LogP contribution in [0.1, 0.15) is 64.2 Å². The monoisotopic (exact) mass is 327 g/mol. The second-order valence-corrected chi connectivity index (χ2v) is 7.93. The molecule has 2 aliphatic rings. The predicted molar refractivity (Wildman–Crippen MR) is 87.3 cm³/mol. The van der Waals surface area contributed by atoms with Crippen LogP contribution in [0.25, 0.3) is 0 Å². The van der Waals surface area contributed by atoms with Crippen LogP contribution in [0.3, 0.4) is 0 Å². The second-order valence-electron chi connectivity index (χ2n) is 6.69. The van der Waals surface area contributed by atoms with E-state index in [1.807, 2.05) is 6.08 Å². The molecule has 0 amide bonds. The van der Waals surface area contributed by atoms with E-state index in [2.05, 4.69) is 0 Å². The van der Waals surface area contributed by atoms with Crippen molar-refractivity contribution in [3.8, 4) is 0 Å². The zero-order chi connectivity index (χ0) is 15.8. The minimum atomic E-state index is -1.90. The van der Waals surface area contributed by atoms with Gasteiger partial charge in [-0.1, -0.05) is 44.6 Å². The highest BCUT2D eigenvalue weighted by Gasteiger charge is 2.27. The Bertz CT molecular complexity index is 407. The van der Waals surface area contributed by atoms with E-state index in [0.29, 0.717) is 18.4 Å². The highest BCUT2D eigenvalue weighted by atomic mass is 31.1. The zero-order valence-corrected chi connectivity index (χ0v) is 14.2. The fourth-order valence-electron chi connectivity index (χ4n) is 3.50. The fourth-order valence-corrected chi connectivity index (χ4v) is 4.49. The first-order valence-corrected chi connectivity index (χ1v) is 10.0. The Morgan fingerprint density at radius 1 is 1.05 bits per heavy atom. The number of hydrogen-bond acceptors (Lipinski definition) is 3. The molecule has 22 heavy (non-hydrogen) atoms. The van der Waals surface area contributed by atoms with Gasteiger partial charge in [0, 0.05) is 0 Å². The minimum absolute atomic E-state index is 0.0495. The molecule has 1 unspecified atom stereocenters. The molecule has 0 aromatic heterocycles. The lowest BCUT2D eigenvalue weighted by atomic mass is 9.88. The normalized spacial score (nSPS) is 22.5. The van der Waals surface area contributed by atoms with Crippen molar-refractivity contribution < 1.29 is 19.0 Å². The van der Waals surface area contributed by atoms with Gasteiger partial charge in [-0.05, 0) is 42.1 Å². The standard InChI is InChI=1S/C17H27O4P/c18-17(19)16(11-14-7-3-1-4-8-14)13-22(20)21-12-15-9-5-2-6-10-15/h11,14-15H,1-10,12-13H2/p+1/b16-11+. The summed E-state index contributed by atoms with van der Waals surface area (Å²) in [5, 5.41) is 9.32. The molecule has 5 heteroatoms. The second kappa shape index (κ2) is 9.42. The highest BCUT2D eigenvalue weighted by molar-refractivity contribution is 7.39. The summed E-state index contributed by atoms with van der Waals surface area (Å²) in [6, 6.07) is 0. The summed E-state index contributed by atoms with van der Waals surface area (Å²) < 4.78 is 17.5. The summed E-state index contributed by atoms with van der Waals surface area (Å²) in [7, 11) is -1.90. The SMILES string of the molecule is O=C(O)/C(=C/C1CCCCC1)C[P+](=O)OCC1CCCCC1. The quantitative estimate of drug-likeness (QED) is 0.532. The van der Waals surface area contributed by atoms with Gasteiger partial charge in [-0.3, -0.25) is 0 Å². The van der Waals surface area contributed by atoms with Crippen molar-refractivity contribution in [1.29, 1.82) is 0 Å². The maximum absolute atomic E-state index is 12.1. The molecular weight excluding hydrogens is 299 g/mol. The number of carboxylic acid groups (broad SMARTS) is 1. The molecule has 2 saturated carbocycles. The summed E-state index contributed by atoms with van der Waals surface area (Å²) in [4.78, 5) is 11.4. The van der Waals surface area contributed by atoms with E-state index in [4.69, 9.17) is 4.52 Å². The van der Waals surface area contributed by atoms with E-state index >= 15 is 0 Å². The smallest absolute Gasteiger partial charge is 0.478 e. The third-order valence-electron chi connectivity index (χ3n) is 4.84. The zero-order valence-electron chi connectivity index (χ0n) is 13.3. The van der Waals surface area contributed by atoms with Gasteiger partial charge in [0.25, 0.3) is 0 Å². The molecule has 0 aromatic rings. The Morgan fingerprint density at radius 2 is 1.64 bits per heavy atom. The first-order valence-electron chi connectivity index (χ1n) is 8.66. The Balaban J connectivity index is 1.80. The molecular formula is C17H28O4P+. The number of allylic oxidation sites excluding steroid dienone is 1. The van der Waals surface area contributed by atoms with Gasteiger partial charge in [0.05, 0.1) is 5.57 Å². The molecule has 0 aromatic carbocycles. The minimum Gasteiger partial charge on any atom is -0.478 e. The maximum atomic E-state index is 12.1. The highest BCUT2D eigenvalue weighted by Crippen LogP contribution is 2.32. The van der Waals surface area contributed by atoms with Gasteiger partial charge in [-0.2, -0.15) is 0 Å². The van der Waals surface area contributed by atoms with Gasteiger partial charge in [-0.15, -0.1) is 4.52 Å². The number of carbonyl (C=O) groups is 1. The van der Waals surface area contributed by atoms with Crippen molar-refractivity contribution in [3.63, 3.8) is 0 Å². The molecule has 0 spiro atoms. The van der Waals surface area contributed by atoms with Crippen LogP contribution in [0, 0.1) is 11.8 Å². The maximum Gasteiger partial charge on any atom is 0.513 e. The van der Waals surface area contributed by atoms with Gasteiger partial charge in [-0.25, -0.2) is 4.79 Å². The lowest BCUT2D eigenvalue weighted by Crippen LogP contribution is -2.13. The van der Waals surface area contributed by atoms with E-state index < -0.39 is 14.0 Å². The molecule has 0 aliphatic heterocycles. The third kappa shape index (κ3) is 6.18. The lowest BCUT2D eigenvalue weighted by molar-refractivity contribution is -0.132. The average Bonchev–Trinajstić information content (AvgIpc) is 2.54. The Labute approximate surface area is 134 Å². The molecule has 4 nitrogen and oxygen atoms in total. The van der Waals surface area contributed by atoms with Crippen LogP contribution < -0.4 is 0 Å². The Kier molecular flexibility index (Phi) is 7.54.